The molecule has 0 rings (SSSR count). The second kappa shape index (κ2) is 10.3. The van der Waals surface area contributed by atoms with Gasteiger partial charge in [0.25, 0.3) is 0 Å². The number of carboxylic acids is 1. The SMILES string of the molecule is C/C=C/C=C/C=C/C(=O)O.[H-].[K+]. The molecule has 0 saturated carbocycles. The van der Waals surface area contributed by atoms with Crippen LogP contribution in [0.1, 0.15) is 8.35 Å². The Morgan fingerprint density at radius 1 is 1.27 bits per heavy atom. The van der Waals surface area contributed by atoms with Gasteiger partial charge in [-0.15, -0.1) is 0 Å². The van der Waals surface area contributed by atoms with Gasteiger partial charge in [0.05, 0.1) is 0 Å². The molecule has 0 heterocycles. The van der Waals surface area contributed by atoms with Crippen molar-refractivity contribution in [2.45, 2.75) is 6.92 Å². The summed E-state index contributed by atoms with van der Waals surface area (Å²) < 4.78 is 0. The van der Waals surface area contributed by atoms with E-state index in [4.69, 9.17) is 5.11 Å². The maximum atomic E-state index is 9.89. The van der Waals surface area contributed by atoms with Crippen molar-refractivity contribution in [2.24, 2.45) is 0 Å². The molecule has 0 aliphatic rings. The molecule has 2 nitrogen and oxygen atoms in total. The third-order valence-corrected chi connectivity index (χ3v) is 0.765. The normalized spacial score (nSPS) is 11.0. The van der Waals surface area contributed by atoms with Crippen LogP contribution in [0.4, 0.5) is 0 Å². The molecule has 0 radical (unpaired) electrons. The molecular weight excluding hydrogens is 167 g/mol. The molecule has 0 fully saturated rings. The number of allylic oxidation sites excluding steroid dienone is 5. The molecule has 0 unspecified atom stereocenters. The molecule has 56 valence electrons. The van der Waals surface area contributed by atoms with Crippen LogP contribution in [0, 0.1) is 0 Å². The smallest absolute Gasteiger partial charge is 1.00 e. The molecule has 0 saturated heterocycles. The Morgan fingerprint density at radius 3 is 2.27 bits per heavy atom. The molecule has 1 N–H and O–H groups in total. The number of hydrogen-bond acceptors (Lipinski definition) is 1. The third kappa shape index (κ3) is 13.3. The van der Waals surface area contributed by atoms with Crippen LogP contribution in [0.3, 0.4) is 0 Å². The van der Waals surface area contributed by atoms with Gasteiger partial charge in [-0.25, -0.2) is 4.79 Å². The van der Waals surface area contributed by atoms with Crippen LogP contribution < -0.4 is 51.4 Å². The summed E-state index contributed by atoms with van der Waals surface area (Å²) in [5, 5.41) is 8.13. The first kappa shape index (κ1) is 13.9. The van der Waals surface area contributed by atoms with E-state index >= 15 is 0 Å². The van der Waals surface area contributed by atoms with Crippen LogP contribution in [0.15, 0.2) is 36.5 Å². The Bertz CT molecular complexity index is 185. The van der Waals surface area contributed by atoms with Crippen LogP contribution in [-0.4, -0.2) is 11.1 Å². The van der Waals surface area contributed by atoms with Crippen LogP contribution in [0.2, 0.25) is 0 Å². The van der Waals surface area contributed by atoms with Gasteiger partial charge in [-0.1, -0.05) is 30.4 Å². The van der Waals surface area contributed by atoms with E-state index in [0.717, 1.165) is 6.08 Å². The summed E-state index contributed by atoms with van der Waals surface area (Å²) in [6, 6.07) is 0. The Hall–Kier alpha value is 0.326. The molecule has 0 aromatic carbocycles. The van der Waals surface area contributed by atoms with E-state index < -0.39 is 5.97 Å². The Morgan fingerprint density at radius 2 is 1.82 bits per heavy atom. The summed E-state index contributed by atoms with van der Waals surface area (Å²) in [7, 11) is 0. The third-order valence-electron chi connectivity index (χ3n) is 0.765. The molecule has 3 heteroatoms. The van der Waals surface area contributed by atoms with E-state index in [1.165, 1.54) is 6.08 Å². The summed E-state index contributed by atoms with van der Waals surface area (Å²) in [5.74, 6) is -0.926. The van der Waals surface area contributed by atoms with E-state index in [9.17, 15) is 4.79 Å². The van der Waals surface area contributed by atoms with E-state index in [1.807, 2.05) is 19.1 Å². The largest absolute Gasteiger partial charge is 1.00 e. The maximum absolute atomic E-state index is 9.89. The van der Waals surface area contributed by atoms with Crippen molar-refractivity contribution < 1.29 is 62.7 Å². The second-order valence-corrected chi connectivity index (χ2v) is 1.61. The number of carboxylic acid groups (broad SMARTS) is 1. The second-order valence-electron chi connectivity index (χ2n) is 1.61. The number of hydrogen-bond donors (Lipinski definition) is 1. The van der Waals surface area contributed by atoms with Crippen molar-refractivity contribution in [1.82, 2.24) is 0 Å². The van der Waals surface area contributed by atoms with Crippen molar-refractivity contribution in [3.8, 4) is 0 Å². The average molecular weight is 178 g/mol. The van der Waals surface area contributed by atoms with Crippen molar-refractivity contribution >= 4 is 5.97 Å². The Kier molecular flexibility index (Phi) is 13.0. The van der Waals surface area contributed by atoms with Gasteiger partial charge >= 0.3 is 57.4 Å². The van der Waals surface area contributed by atoms with Crippen LogP contribution in [-0.2, 0) is 4.79 Å². The van der Waals surface area contributed by atoms with Crippen molar-refractivity contribution in [2.75, 3.05) is 0 Å². The maximum Gasteiger partial charge on any atom is 1.00 e. The molecule has 11 heavy (non-hydrogen) atoms. The van der Waals surface area contributed by atoms with Crippen molar-refractivity contribution in [3.63, 3.8) is 0 Å². The van der Waals surface area contributed by atoms with Crippen LogP contribution >= 0.6 is 0 Å². The first-order valence-electron chi connectivity index (χ1n) is 2.96. The summed E-state index contributed by atoms with van der Waals surface area (Å²) in [6.45, 7) is 1.89. The van der Waals surface area contributed by atoms with E-state index in [2.05, 4.69) is 0 Å². The summed E-state index contributed by atoms with van der Waals surface area (Å²) in [4.78, 5) is 9.89. The molecule has 0 aromatic heterocycles. The van der Waals surface area contributed by atoms with Crippen LogP contribution in [0.25, 0.3) is 0 Å². The van der Waals surface area contributed by atoms with Gasteiger partial charge in [0.2, 0.25) is 0 Å². The zero-order valence-electron chi connectivity index (χ0n) is 7.82. The van der Waals surface area contributed by atoms with Crippen molar-refractivity contribution in [1.29, 1.82) is 0 Å². The molecular formula is C8H11KO2. The van der Waals surface area contributed by atoms with E-state index in [0.29, 0.717) is 0 Å². The van der Waals surface area contributed by atoms with Gasteiger partial charge in [-0.05, 0) is 6.92 Å². The van der Waals surface area contributed by atoms with Gasteiger partial charge in [0.1, 0.15) is 0 Å². The molecule has 0 amide bonds. The minimum atomic E-state index is -0.926. The van der Waals surface area contributed by atoms with E-state index in [1.54, 1.807) is 12.2 Å². The molecule has 0 aromatic rings. The standard InChI is InChI=1S/C8H10O2.K.H/c1-2-3-4-5-6-7-8(9)10;;/h2-7H,1H3,(H,9,10);;/q;+1;-1/b3-2+,5-4+,7-6+;;. The topological polar surface area (TPSA) is 37.3 Å². The average Bonchev–Trinajstić information content (AvgIpc) is 1.87. The first-order chi connectivity index (χ1) is 4.77. The minimum Gasteiger partial charge on any atom is -1.00 e. The van der Waals surface area contributed by atoms with Crippen LogP contribution in [0.5, 0.6) is 0 Å². The van der Waals surface area contributed by atoms with Gasteiger partial charge in [-0.3, -0.25) is 0 Å². The van der Waals surface area contributed by atoms with Gasteiger partial charge in [0, 0.05) is 6.08 Å². The predicted octanol–water partition coefficient (Wildman–Crippen LogP) is -1.12. The quantitative estimate of drug-likeness (QED) is 0.337. The Labute approximate surface area is 111 Å². The van der Waals surface area contributed by atoms with E-state index in [-0.39, 0.29) is 52.8 Å². The predicted molar refractivity (Wildman–Crippen MR) is 41.8 cm³/mol. The van der Waals surface area contributed by atoms with Gasteiger partial charge in [0.15, 0.2) is 0 Å². The van der Waals surface area contributed by atoms with Crippen molar-refractivity contribution in [3.05, 3.63) is 36.5 Å². The molecule has 0 aliphatic heterocycles. The molecule has 0 spiro atoms. The van der Waals surface area contributed by atoms with Gasteiger partial charge in [-0.2, -0.15) is 0 Å². The number of carbonyl (C=O) groups is 1. The molecule has 0 atom stereocenters. The monoisotopic (exact) mass is 178 g/mol. The zero-order valence-corrected chi connectivity index (χ0v) is 9.94. The summed E-state index contributed by atoms with van der Waals surface area (Å²) >= 11 is 0. The fraction of sp³-hybridized carbons (Fsp3) is 0.125. The minimum absolute atomic E-state index is 0. The number of rotatable bonds is 3. The first-order valence-corrected chi connectivity index (χ1v) is 2.96. The Balaban J connectivity index is -0.000000405. The number of aliphatic carboxylic acids is 1. The fourth-order valence-electron chi connectivity index (χ4n) is 0.377. The summed E-state index contributed by atoms with van der Waals surface area (Å²) in [6.07, 6.45) is 9.67. The molecule has 0 aliphatic carbocycles. The summed E-state index contributed by atoms with van der Waals surface area (Å²) in [5.41, 5.74) is 0. The molecule has 0 bridgehead atoms. The van der Waals surface area contributed by atoms with Gasteiger partial charge < -0.3 is 6.53 Å². The zero-order chi connectivity index (χ0) is 7.82. The fourth-order valence-corrected chi connectivity index (χ4v) is 0.377.